The van der Waals surface area contributed by atoms with Crippen molar-refractivity contribution in [3.63, 3.8) is 0 Å². The van der Waals surface area contributed by atoms with Gasteiger partial charge in [-0.15, -0.1) is 0 Å². The van der Waals surface area contributed by atoms with Crippen LogP contribution in [0.25, 0.3) is 6.08 Å². The third-order valence-electron chi connectivity index (χ3n) is 4.92. The molecule has 0 radical (unpaired) electrons. The van der Waals surface area contributed by atoms with Crippen LogP contribution in [0.5, 0.6) is 11.5 Å². The lowest BCUT2D eigenvalue weighted by Crippen LogP contribution is -2.32. The molecule has 1 saturated heterocycles. The maximum absolute atomic E-state index is 13.0. The molecule has 35 heavy (non-hydrogen) atoms. The fourth-order valence-electron chi connectivity index (χ4n) is 3.15. The molecule has 1 fully saturated rings. The molecule has 5 nitrogen and oxygen atoms in total. The highest BCUT2D eigenvalue weighted by Gasteiger charge is 2.34. The second kappa shape index (κ2) is 11.5. The van der Waals surface area contributed by atoms with Crippen LogP contribution in [0.1, 0.15) is 11.1 Å². The zero-order valence-electron chi connectivity index (χ0n) is 18.0. The third kappa shape index (κ3) is 6.58. The fraction of sp³-hybridized carbons (Fsp3) is 0.120. The first-order valence-electron chi connectivity index (χ1n) is 10.3. The smallest absolute Gasteiger partial charge is 0.293 e. The minimum absolute atomic E-state index is 0.0864. The van der Waals surface area contributed by atoms with Gasteiger partial charge >= 0.3 is 0 Å². The molecular formula is C25H17BrCl2FNO4S. The van der Waals surface area contributed by atoms with E-state index in [0.717, 1.165) is 27.8 Å². The Morgan fingerprint density at radius 3 is 2.49 bits per heavy atom. The van der Waals surface area contributed by atoms with Gasteiger partial charge in [-0.3, -0.25) is 14.5 Å². The maximum Gasteiger partial charge on any atom is 0.293 e. The van der Waals surface area contributed by atoms with Crippen LogP contribution in [0.3, 0.4) is 0 Å². The number of nitrogens with zero attached hydrogens (tertiary/aromatic N) is 1. The summed E-state index contributed by atoms with van der Waals surface area (Å²) in [4.78, 5) is 26.5. The SMILES string of the molecule is O=C1S/C(=C\c2ccc(OCc3ccc(Cl)cc3Cl)c(Br)c2)C(=O)N1CCOc1ccc(F)cc1. The van der Waals surface area contributed by atoms with Crippen LogP contribution in [0.4, 0.5) is 9.18 Å². The molecule has 180 valence electrons. The molecule has 3 aromatic carbocycles. The van der Waals surface area contributed by atoms with E-state index in [-0.39, 0.29) is 30.8 Å². The first kappa shape index (κ1) is 25.6. The van der Waals surface area contributed by atoms with Crippen LogP contribution in [0.2, 0.25) is 10.0 Å². The maximum atomic E-state index is 13.0. The van der Waals surface area contributed by atoms with Crippen molar-refractivity contribution in [3.05, 3.63) is 97.0 Å². The number of halogens is 4. The summed E-state index contributed by atoms with van der Waals surface area (Å²) < 4.78 is 25.0. The van der Waals surface area contributed by atoms with Crippen LogP contribution < -0.4 is 9.47 Å². The summed E-state index contributed by atoms with van der Waals surface area (Å²) in [6.07, 6.45) is 1.65. The van der Waals surface area contributed by atoms with Crippen LogP contribution >= 0.6 is 50.9 Å². The van der Waals surface area contributed by atoms with Gasteiger partial charge in [0, 0.05) is 15.6 Å². The van der Waals surface area contributed by atoms with Gasteiger partial charge in [0.25, 0.3) is 11.1 Å². The van der Waals surface area contributed by atoms with E-state index >= 15 is 0 Å². The number of carbonyl (C=O) groups is 2. The van der Waals surface area contributed by atoms with Crippen molar-refractivity contribution in [3.8, 4) is 11.5 Å². The molecule has 10 heteroatoms. The molecule has 0 aromatic heterocycles. The largest absolute Gasteiger partial charge is 0.492 e. The lowest BCUT2D eigenvalue weighted by molar-refractivity contribution is -0.123. The van der Waals surface area contributed by atoms with Crippen LogP contribution in [0, 0.1) is 5.82 Å². The van der Waals surface area contributed by atoms with E-state index in [2.05, 4.69) is 15.9 Å². The lowest BCUT2D eigenvalue weighted by Gasteiger charge is -2.13. The number of hydrogen-bond acceptors (Lipinski definition) is 5. The van der Waals surface area contributed by atoms with Crippen molar-refractivity contribution in [2.24, 2.45) is 0 Å². The van der Waals surface area contributed by atoms with E-state index in [4.69, 9.17) is 32.7 Å². The zero-order chi connectivity index (χ0) is 24.9. The average Bonchev–Trinajstić information content (AvgIpc) is 3.08. The van der Waals surface area contributed by atoms with Gasteiger partial charge in [0.1, 0.15) is 30.5 Å². The normalized spacial score (nSPS) is 14.6. The third-order valence-corrected chi connectivity index (χ3v) is 7.04. The number of benzene rings is 3. The van der Waals surface area contributed by atoms with Gasteiger partial charge in [-0.1, -0.05) is 35.3 Å². The molecule has 0 atom stereocenters. The van der Waals surface area contributed by atoms with Gasteiger partial charge in [-0.25, -0.2) is 4.39 Å². The molecule has 2 amide bonds. The Morgan fingerprint density at radius 1 is 1.00 bits per heavy atom. The molecule has 0 bridgehead atoms. The Labute approximate surface area is 223 Å². The van der Waals surface area contributed by atoms with Crippen molar-refractivity contribution in [2.75, 3.05) is 13.2 Å². The summed E-state index contributed by atoms with van der Waals surface area (Å²) in [5, 5.41) is 0.695. The second-order valence-corrected chi connectivity index (χ2v) is 10.0. The quantitative estimate of drug-likeness (QED) is 0.251. The topological polar surface area (TPSA) is 55.8 Å². The average molecular weight is 597 g/mol. The molecule has 3 aromatic rings. The van der Waals surface area contributed by atoms with Gasteiger partial charge in [0.05, 0.1) is 15.9 Å². The molecule has 1 aliphatic heterocycles. The minimum Gasteiger partial charge on any atom is -0.492 e. The van der Waals surface area contributed by atoms with Crippen molar-refractivity contribution < 1.29 is 23.5 Å². The van der Waals surface area contributed by atoms with E-state index in [1.807, 2.05) is 0 Å². The molecular weight excluding hydrogens is 580 g/mol. The number of carbonyl (C=O) groups excluding carboxylic acids is 2. The predicted octanol–water partition coefficient (Wildman–Crippen LogP) is 7.59. The molecule has 0 saturated carbocycles. The Morgan fingerprint density at radius 2 is 1.77 bits per heavy atom. The molecule has 4 rings (SSSR count). The van der Waals surface area contributed by atoms with Crippen LogP contribution in [0.15, 0.2) is 70.0 Å². The Hall–Kier alpha value is -2.52. The number of rotatable bonds is 8. The highest BCUT2D eigenvalue weighted by Crippen LogP contribution is 2.34. The first-order chi connectivity index (χ1) is 16.8. The molecule has 0 unspecified atom stereocenters. The highest BCUT2D eigenvalue weighted by atomic mass is 79.9. The van der Waals surface area contributed by atoms with Crippen molar-refractivity contribution >= 4 is 68.1 Å². The van der Waals surface area contributed by atoms with Gasteiger partial charge in [0.2, 0.25) is 0 Å². The molecule has 0 aliphatic carbocycles. The summed E-state index contributed by atoms with van der Waals surface area (Å²) in [5.41, 5.74) is 1.52. The minimum atomic E-state index is -0.392. The lowest BCUT2D eigenvalue weighted by atomic mass is 10.2. The fourth-order valence-corrected chi connectivity index (χ4v) is 4.99. The second-order valence-electron chi connectivity index (χ2n) is 7.35. The summed E-state index contributed by atoms with van der Waals surface area (Å²) in [7, 11) is 0. The Kier molecular flexibility index (Phi) is 8.38. The molecule has 1 heterocycles. The zero-order valence-corrected chi connectivity index (χ0v) is 21.9. The van der Waals surface area contributed by atoms with E-state index < -0.39 is 5.91 Å². The van der Waals surface area contributed by atoms with E-state index in [1.165, 1.54) is 24.3 Å². The first-order valence-corrected chi connectivity index (χ1v) is 12.7. The van der Waals surface area contributed by atoms with Gasteiger partial charge in [0.15, 0.2) is 0 Å². The van der Waals surface area contributed by atoms with Gasteiger partial charge < -0.3 is 9.47 Å². The molecule has 1 aliphatic rings. The highest BCUT2D eigenvalue weighted by molar-refractivity contribution is 9.10. The van der Waals surface area contributed by atoms with E-state index in [0.29, 0.717) is 30.9 Å². The predicted molar refractivity (Wildman–Crippen MR) is 140 cm³/mol. The van der Waals surface area contributed by atoms with Gasteiger partial charge in [-0.2, -0.15) is 0 Å². The summed E-state index contributed by atoms with van der Waals surface area (Å²) in [6.45, 7) is 0.447. The Bertz CT molecular complexity index is 1300. The van der Waals surface area contributed by atoms with E-state index in [9.17, 15) is 14.0 Å². The van der Waals surface area contributed by atoms with Crippen molar-refractivity contribution in [1.29, 1.82) is 0 Å². The van der Waals surface area contributed by atoms with Crippen LogP contribution in [-0.2, 0) is 11.4 Å². The molecule has 0 N–H and O–H groups in total. The monoisotopic (exact) mass is 595 g/mol. The number of ether oxygens (including phenoxy) is 2. The van der Waals surface area contributed by atoms with Gasteiger partial charge in [-0.05, 0) is 87.9 Å². The summed E-state index contributed by atoms with van der Waals surface area (Å²) in [6, 6.07) is 16.1. The number of imide groups is 1. The van der Waals surface area contributed by atoms with Crippen molar-refractivity contribution in [2.45, 2.75) is 6.61 Å². The summed E-state index contributed by atoms with van der Waals surface area (Å²) in [5.74, 6) is 0.292. The summed E-state index contributed by atoms with van der Waals surface area (Å²) >= 11 is 16.5. The number of hydrogen-bond donors (Lipinski definition) is 0. The van der Waals surface area contributed by atoms with Crippen LogP contribution in [-0.4, -0.2) is 29.2 Å². The standard InChI is InChI=1S/C25H17BrCl2FNO4S/c26-20-11-15(1-8-22(20)34-14-16-2-3-17(27)13-21(16)28)12-23-24(31)30(25(32)35-23)9-10-33-19-6-4-18(29)5-7-19/h1-8,11-13H,9-10,14H2/b23-12-. The van der Waals surface area contributed by atoms with Crippen molar-refractivity contribution in [1.82, 2.24) is 4.90 Å². The molecule has 0 spiro atoms. The number of amides is 2. The van der Waals surface area contributed by atoms with E-state index in [1.54, 1.807) is 42.5 Å². The number of thioether (sulfide) groups is 1. The Balaban J connectivity index is 1.36.